The van der Waals surface area contributed by atoms with Crippen LogP contribution in [0.4, 0.5) is 10.1 Å². The summed E-state index contributed by atoms with van der Waals surface area (Å²) in [5, 5.41) is 14.3. The SMILES string of the molecule is Cc1ccc(NC(=O)C(=O)NCC(O)c2ccoc2)cc1F. The molecule has 1 atom stereocenters. The standard InChI is InChI=1S/C15H15FN2O4/c1-9-2-3-11(6-12(9)16)18-15(21)14(20)17-7-13(19)10-4-5-22-8-10/h2-6,8,13,19H,7H2,1H3,(H,17,20)(H,18,21). The number of carbonyl (C=O) groups is 2. The number of hydrogen-bond acceptors (Lipinski definition) is 4. The summed E-state index contributed by atoms with van der Waals surface area (Å²) in [5.41, 5.74) is 1.10. The van der Waals surface area contributed by atoms with Crippen molar-refractivity contribution in [1.29, 1.82) is 0 Å². The van der Waals surface area contributed by atoms with Crippen LogP contribution in [0.3, 0.4) is 0 Å². The van der Waals surface area contributed by atoms with E-state index in [4.69, 9.17) is 4.42 Å². The lowest BCUT2D eigenvalue weighted by atomic mass is 10.2. The number of hydrogen-bond donors (Lipinski definition) is 3. The molecule has 0 radical (unpaired) electrons. The Labute approximate surface area is 125 Å². The van der Waals surface area contributed by atoms with Crippen LogP contribution in [0.2, 0.25) is 0 Å². The third-order valence-corrected chi connectivity index (χ3v) is 3.02. The van der Waals surface area contributed by atoms with E-state index in [0.29, 0.717) is 11.1 Å². The molecule has 116 valence electrons. The zero-order valence-corrected chi connectivity index (χ0v) is 11.8. The van der Waals surface area contributed by atoms with Crippen LogP contribution in [0.15, 0.2) is 41.2 Å². The van der Waals surface area contributed by atoms with Crippen molar-refractivity contribution in [3.63, 3.8) is 0 Å². The maximum Gasteiger partial charge on any atom is 0.313 e. The van der Waals surface area contributed by atoms with Crippen molar-refractivity contribution in [2.24, 2.45) is 0 Å². The van der Waals surface area contributed by atoms with Gasteiger partial charge in [-0.3, -0.25) is 9.59 Å². The van der Waals surface area contributed by atoms with Crippen molar-refractivity contribution in [2.45, 2.75) is 13.0 Å². The Bertz CT molecular complexity index is 670. The number of amides is 2. The second kappa shape index (κ2) is 6.86. The van der Waals surface area contributed by atoms with Crippen LogP contribution in [0.25, 0.3) is 0 Å². The lowest BCUT2D eigenvalue weighted by Crippen LogP contribution is -2.37. The highest BCUT2D eigenvalue weighted by Crippen LogP contribution is 2.14. The fourth-order valence-electron chi connectivity index (χ4n) is 1.71. The maximum absolute atomic E-state index is 13.3. The molecule has 1 heterocycles. The molecule has 3 N–H and O–H groups in total. The number of aliphatic hydroxyl groups is 1. The van der Waals surface area contributed by atoms with Crippen LogP contribution in [-0.4, -0.2) is 23.5 Å². The summed E-state index contributed by atoms with van der Waals surface area (Å²) in [5.74, 6) is -2.35. The molecule has 0 aliphatic rings. The number of aliphatic hydroxyl groups excluding tert-OH is 1. The number of furan rings is 1. The molecule has 0 spiro atoms. The summed E-state index contributed by atoms with van der Waals surface area (Å²) in [6.07, 6.45) is 1.75. The number of nitrogens with one attached hydrogen (secondary N) is 2. The lowest BCUT2D eigenvalue weighted by molar-refractivity contribution is -0.136. The fraction of sp³-hybridized carbons (Fsp3) is 0.200. The number of benzene rings is 1. The minimum absolute atomic E-state index is 0.145. The van der Waals surface area contributed by atoms with Gasteiger partial charge in [-0.2, -0.15) is 0 Å². The van der Waals surface area contributed by atoms with E-state index in [0.717, 1.165) is 6.07 Å². The molecule has 2 rings (SSSR count). The Morgan fingerprint density at radius 2 is 2.09 bits per heavy atom. The maximum atomic E-state index is 13.3. The Balaban J connectivity index is 1.86. The second-order valence-corrected chi connectivity index (χ2v) is 4.70. The van der Waals surface area contributed by atoms with Crippen LogP contribution >= 0.6 is 0 Å². The molecule has 7 heteroatoms. The highest BCUT2D eigenvalue weighted by atomic mass is 19.1. The minimum atomic E-state index is -0.979. The highest BCUT2D eigenvalue weighted by molar-refractivity contribution is 6.39. The summed E-state index contributed by atoms with van der Waals surface area (Å²) >= 11 is 0. The first kappa shape index (κ1) is 15.7. The summed E-state index contributed by atoms with van der Waals surface area (Å²) in [4.78, 5) is 23.3. The van der Waals surface area contributed by atoms with Crippen molar-refractivity contribution >= 4 is 17.5 Å². The summed E-state index contributed by atoms with van der Waals surface area (Å²) in [7, 11) is 0. The van der Waals surface area contributed by atoms with Crippen molar-refractivity contribution in [2.75, 3.05) is 11.9 Å². The fourth-order valence-corrected chi connectivity index (χ4v) is 1.71. The van der Waals surface area contributed by atoms with E-state index < -0.39 is 23.7 Å². The van der Waals surface area contributed by atoms with E-state index in [9.17, 15) is 19.1 Å². The van der Waals surface area contributed by atoms with Crippen LogP contribution < -0.4 is 10.6 Å². The molecule has 1 aromatic heterocycles. The number of anilines is 1. The van der Waals surface area contributed by atoms with Gasteiger partial charge in [-0.15, -0.1) is 0 Å². The first-order chi connectivity index (χ1) is 10.5. The third kappa shape index (κ3) is 3.92. The van der Waals surface area contributed by atoms with Crippen molar-refractivity contribution < 1.29 is 23.5 Å². The normalized spacial score (nSPS) is 11.8. The van der Waals surface area contributed by atoms with Gasteiger partial charge in [0.1, 0.15) is 5.82 Å². The quantitative estimate of drug-likeness (QED) is 0.747. The van der Waals surface area contributed by atoms with Gasteiger partial charge in [-0.1, -0.05) is 6.07 Å². The molecule has 1 aromatic carbocycles. The van der Waals surface area contributed by atoms with Crippen molar-refractivity contribution in [3.8, 4) is 0 Å². The number of carbonyl (C=O) groups excluding carboxylic acids is 2. The van der Waals surface area contributed by atoms with Gasteiger partial charge in [0.05, 0.1) is 18.6 Å². The molecule has 2 aromatic rings. The van der Waals surface area contributed by atoms with E-state index in [-0.39, 0.29) is 12.2 Å². The molecule has 0 aliphatic carbocycles. The first-order valence-corrected chi connectivity index (χ1v) is 6.53. The molecule has 22 heavy (non-hydrogen) atoms. The molecule has 0 bridgehead atoms. The van der Waals surface area contributed by atoms with E-state index in [1.807, 2.05) is 0 Å². The van der Waals surface area contributed by atoms with Crippen LogP contribution in [-0.2, 0) is 9.59 Å². The minimum Gasteiger partial charge on any atom is -0.472 e. The summed E-state index contributed by atoms with van der Waals surface area (Å²) < 4.78 is 18.2. The monoisotopic (exact) mass is 306 g/mol. The number of aryl methyl sites for hydroxylation is 1. The molecular formula is C15H15FN2O4. The van der Waals surface area contributed by atoms with Crippen molar-refractivity contribution in [3.05, 3.63) is 53.7 Å². The molecule has 1 unspecified atom stereocenters. The second-order valence-electron chi connectivity index (χ2n) is 4.70. The summed E-state index contributed by atoms with van der Waals surface area (Å²) in [6.45, 7) is 1.44. The molecule has 0 saturated carbocycles. The van der Waals surface area contributed by atoms with E-state index in [1.165, 1.54) is 24.7 Å². The largest absolute Gasteiger partial charge is 0.472 e. The van der Waals surface area contributed by atoms with Gasteiger partial charge in [0, 0.05) is 17.8 Å². The van der Waals surface area contributed by atoms with E-state index in [1.54, 1.807) is 13.0 Å². The summed E-state index contributed by atoms with van der Waals surface area (Å²) in [6, 6.07) is 5.65. The van der Waals surface area contributed by atoms with Gasteiger partial charge < -0.3 is 20.2 Å². The van der Waals surface area contributed by atoms with Crippen LogP contribution in [0, 0.1) is 12.7 Å². The molecule has 2 amide bonds. The molecular weight excluding hydrogens is 291 g/mol. The van der Waals surface area contributed by atoms with Gasteiger partial charge in [0.2, 0.25) is 0 Å². The zero-order chi connectivity index (χ0) is 16.1. The van der Waals surface area contributed by atoms with Gasteiger partial charge in [-0.05, 0) is 30.7 Å². The van der Waals surface area contributed by atoms with Crippen LogP contribution in [0.1, 0.15) is 17.2 Å². The number of halogens is 1. The smallest absolute Gasteiger partial charge is 0.313 e. The predicted molar refractivity (Wildman–Crippen MR) is 76.4 cm³/mol. The third-order valence-electron chi connectivity index (χ3n) is 3.02. The Morgan fingerprint density at radius 1 is 1.32 bits per heavy atom. The molecule has 6 nitrogen and oxygen atoms in total. The Kier molecular flexibility index (Phi) is 4.90. The first-order valence-electron chi connectivity index (χ1n) is 6.53. The van der Waals surface area contributed by atoms with Gasteiger partial charge in [0.25, 0.3) is 0 Å². The average molecular weight is 306 g/mol. The Hall–Kier alpha value is -2.67. The molecule has 0 aliphatic heterocycles. The average Bonchev–Trinajstić information content (AvgIpc) is 3.02. The van der Waals surface area contributed by atoms with Gasteiger partial charge in [-0.25, -0.2) is 4.39 Å². The van der Waals surface area contributed by atoms with E-state index in [2.05, 4.69) is 10.6 Å². The van der Waals surface area contributed by atoms with Crippen LogP contribution in [0.5, 0.6) is 0 Å². The predicted octanol–water partition coefficient (Wildman–Crippen LogP) is 1.52. The van der Waals surface area contributed by atoms with E-state index >= 15 is 0 Å². The van der Waals surface area contributed by atoms with Gasteiger partial charge >= 0.3 is 11.8 Å². The van der Waals surface area contributed by atoms with Gasteiger partial charge in [0.15, 0.2) is 0 Å². The molecule has 0 fully saturated rings. The lowest BCUT2D eigenvalue weighted by Gasteiger charge is -2.10. The van der Waals surface area contributed by atoms with Crippen molar-refractivity contribution in [1.82, 2.24) is 5.32 Å². The Morgan fingerprint density at radius 3 is 2.73 bits per heavy atom. The topological polar surface area (TPSA) is 91.6 Å². The molecule has 0 saturated heterocycles. The highest BCUT2D eigenvalue weighted by Gasteiger charge is 2.16. The number of rotatable bonds is 4. The zero-order valence-electron chi connectivity index (χ0n) is 11.8.